The molecule has 2 aliphatic rings. The first-order valence-corrected chi connectivity index (χ1v) is 8.46. The number of ether oxygens (including phenoxy) is 2. The van der Waals surface area contributed by atoms with E-state index in [4.69, 9.17) is 9.47 Å². The number of piperidine rings is 1. The highest BCUT2D eigenvalue weighted by Gasteiger charge is 2.27. The second-order valence-corrected chi connectivity index (χ2v) is 6.34. The van der Waals surface area contributed by atoms with Gasteiger partial charge in [0.2, 0.25) is 5.88 Å². The van der Waals surface area contributed by atoms with Crippen LogP contribution < -0.4 is 10.1 Å². The number of aryl methyl sites for hydroxylation is 1. The summed E-state index contributed by atoms with van der Waals surface area (Å²) < 4.78 is 13.5. The lowest BCUT2D eigenvalue weighted by molar-refractivity contribution is 0.0411. The van der Waals surface area contributed by atoms with Gasteiger partial charge in [-0.3, -0.25) is 0 Å². The lowest BCUT2D eigenvalue weighted by Crippen LogP contribution is -2.30. The number of nitrogens with zero attached hydrogens (tertiary/aromatic N) is 1. The van der Waals surface area contributed by atoms with Crippen molar-refractivity contribution in [3.05, 3.63) is 29.8 Å². The molecule has 4 rings (SSSR count). The van der Waals surface area contributed by atoms with Crippen LogP contribution in [0.5, 0.6) is 5.88 Å². The molecule has 23 heavy (non-hydrogen) atoms. The monoisotopic (exact) mass is 314 g/mol. The van der Waals surface area contributed by atoms with Gasteiger partial charge in [0.05, 0.1) is 18.7 Å². The van der Waals surface area contributed by atoms with Crippen molar-refractivity contribution in [3.63, 3.8) is 0 Å². The van der Waals surface area contributed by atoms with Gasteiger partial charge in [-0.15, -0.1) is 0 Å². The number of carbonyl (C=O) groups is 1. The minimum Gasteiger partial charge on any atom is -0.478 e. The van der Waals surface area contributed by atoms with Gasteiger partial charge in [0, 0.05) is 11.9 Å². The fourth-order valence-corrected chi connectivity index (χ4v) is 3.55. The third kappa shape index (κ3) is 2.70. The van der Waals surface area contributed by atoms with E-state index in [-0.39, 0.29) is 5.97 Å². The number of para-hydroxylation sites is 1. The quantitative estimate of drug-likeness (QED) is 0.885. The van der Waals surface area contributed by atoms with Gasteiger partial charge in [-0.05, 0) is 44.3 Å². The Morgan fingerprint density at radius 3 is 3.00 bits per heavy atom. The van der Waals surface area contributed by atoms with Crippen molar-refractivity contribution >= 4 is 16.9 Å². The molecule has 1 aromatic heterocycles. The van der Waals surface area contributed by atoms with E-state index in [1.165, 1.54) is 0 Å². The summed E-state index contributed by atoms with van der Waals surface area (Å²) in [4.78, 5) is 12.7. The van der Waals surface area contributed by atoms with Gasteiger partial charge < -0.3 is 19.4 Å². The van der Waals surface area contributed by atoms with Gasteiger partial charge in [0.25, 0.3) is 0 Å². The lowest BCUT2D eigenvalue weighted by atomic mass is 9.99. The van der Waals surface area contributed by atoms with Gasteiger partial charge >= 0.3 is 5.97 Å². The minimum atomic E-state index is -0.254. The van der Waals surface area contributed by atoms with Crippen molar-refractivity contribution in [2.75, 3.05) is 26.3 Å². The third-order valence-corrected chi connectivity index (χ3v) is 4.80. The van der Waals surface area contributed by atoms with Crippen LogP contribution in [-0.4, -0.2) is 36.8 Å². The Balaban J connectivity index is 1.61. The van der Waals surface area contributed by atoms with Crippen molar-refractivity contribution < 1.29 is 14.3 Å². The van der Waals surface area contributed by atoms with Crippen LogP contribution in [0, 0.1) is 5.92 Å². The summed E-state index contributed by atoms with van der Waals surface area (Å²) in [6, 6.07) is 7.97. The first-order valence-electron chi connectivity index (χ1n) is 8.46. The highest BCUT2D eigenvalue weighted by Crippen LogP contribution is 2.35. The number of carbonyl (C=O) groups excluding carboxylic acids is 1. The van der Waals surface area contributed by atoms with Crippen molar-refractivity contribution in [2.45, 2.75) is 25.8 Å². The molecule has 0 spiro atoms. The Hall–Kier alpha value is -2.01. The normalized spacial score (nSPS) is 18.4. The second-order valence-electron chi connectivity index (χ2n) is 6.34. The van der Waals surface area contributed by atoms with Crippen LogP contribution in [-0.2, 0) is 11.3 Å². The molecule has 5 nitrogen and oxygen atoms in total. The molecule has 0 radical (unpaired) electrons. The average molecular weight is 314 g/mol. The molecule has 0 bridgehead atoms. The van der Waals surface area contributed by atoms with E-state index in [1.54, 1.807) is 0 Å². The third-order valence-electron chi connectivity index (χ3n) is 4.80. The van der Waals surface area contributed by atoms with Crippen molar-refractivity contribution in [3.8, 4) is 5.88 Å². The molecule has 1 aromatic carbocycles. The van der Waals surface area contributed by atoms with Gasteiger partial charge in [0.1, 0.15) is 5.56 Å². The molecule has 122 valence electrons. The molecule has 0 atom stereocenters. The van der Waals surface area contributed by atoms with Crippen molar-refractivity contribution in [1.29, 1.82) is 0 Å². The summed E-state index contributed by atoms with van der Waals surface area (Å²) >= 11 is 0. The number of fused-ring (bicyclic) bond motifs is 3. The zero-order chi connectivity index (χ0) is 15.6. The Morgan fingerprint density at radius 2 is 2.13 bits per heavy atom. The molecule has 1 fully saturated rings. The molecule has 0 unspecified atom stereocenters. The molecular formula is C18H22N2O3. The molecule has 1 N–H and O–H groups in total. The zero-order valence-electron chi connectivity index (χ0n) is 13.2. The number of nitrogens with one attached hydrogen (secondary N) is 1. The molecule has 0 amide bonds. The maximum atomic E-state index is 12.7. The Bertz CT molecular complexity index is 716. The summed E-state index contributed by atoms with van der Waals surface area (Å²) in [6.07, 6.45) is 3.10. The van der Waals surface area contributed by atoms with E-state index in [0.717, 1.165) is 49.8 Å². The van der Waals surface area contributed by atoms with Gasteiger partial charge in [0.15, 0.2) is 0 Å². The fraction of sp³-hybridized carbons (Fsp3) is 0.500. The maximum absolute atomic E-state index is 12.7. The molecule has 0 saturated carbocycles. The highest BCUT2D eigenvalue weighted by atomic mass is 16.5. The SMILES string of the molecule is O=C(OCC1CCNCC1)c1c2n(c3ccccc13)CCCO2. The zero-order valence-corrected chi connectivity index (χ0v) is 13.2. The minimum absolute atomic E-state index is 0.254. The van der Waals surface area contributed by atoms with E-state index in [0.29, 0.717) is 30.6 Å². The van der Waals surface area contributed by atoms with E-state index < -0.39 is 0 Å². The summed E-state index contributed by atoms with van der Waals surface area (Å²) in [7, 11) is 0. The summed E-state index contributed by atoms with van der Waals surface area (Å²) in [6.45, 7) is 4.06. The summed E-state index contributed by atoms with van der Waals surface area (Å²) in [5.74, 6) is 0.883. The molecule has 2 aromatic rings. The number of hydrogen-bond acceptors (Lipinski definition) is 4. The smallest absolute Gasteiger partial charge is 0.344 e. The van der Waals surface area contributed by atoms with Crippen LogP contribution in [0.4, 0.5) is 0 Å². The first kappa shape index (κ1) is 14.6. The topological polar surface area (TPSA) is 52.5 Å². The fourth-order valence-electron chi connectivity index (χ4n) is 3.55. The largest absolute Gasteiger partial charge is 0.478 e. The number of rotatable bonds is 3. The molecular weight excluding hydrogens is 292 g/mol. The Labute approximate surface area is 135 Å². The Kier molecular flexibility index (Phi) is 3.95. The first-order chi connectivity index (χ1) is 11.3. The highest BCUT2D eigenvalue weighted by molar-refractivity contribution is 6.07. The van der Waals surface area contributed by atoms with Crippen molar-refractivity contribution in [1.82, 2.24) is 9.88 Å². The number of hydrogen-bond donors (Lipinski definition) is 1. The lowest BCUT2D eigenvalue weighted by Gasteiger charge is -2.22. The van der Waals surface area contributed by atoms with Crippen LogP contribution in [0.1, 0.15) is 29.6 Å². The van der Waals surface area contributed by atoms with Gasteiger partial charge in [-0.25, -0.2) is 4.79 Å². The van der Waals surface area contributed by atoms with Crippen molar-refractivity contribution in [2.24, 2.45) is 5.92 Å². The van der Waals surface area contributed by atoms with Crippen LogP contribution in [0.3, 0.4) is 0 Å². The van der Waals surface area contributed by atoms with E-state index in [1.807, 2.05) is 24.3 Å². The molecule has 0 aliphatic carbocycles. The van der Waals surface area contributed by atoms with Gasteiger partial charge in [-0.2, -0.15) is 0 Å². The van der Waals surface area contributed by atoms with Crippen LogP contribution in [0.15, 0.2) is 24.3 Å². The number of esters is 1. The van der Waals surface area contributed by atoms with Crippen LogP contribution in [0.25, 0.3) is 10.9 Å². The standard InChI is InChI=1S/C18H22N2O3/c21-18(23-12-13-6-8-19-9-7-13)16-14-4-1-2-5-15(14)20-10-3-11-22-17(16)20/h1-2,4-5,13,19H,3,6-12H2. The van der Waals surface area contributed by atoms with Crippen LogP contribution >= 0.6 is 0 Å². The number of benzene rings is 1. The van der Waals surface area contributed by atoms with E-state index >= 15 is 0 Å². The van der Waals surface area contributed by atoms with Gasteiger partial charge in [-0.1, -0.05) is 18.2 Å². The summed E-state index contributed by atoms with van der Waals surface area (Å²) in [5.41, 5.74) is 1.64. The average Bonchev–Trinajstić information content (AvgIpc) is 2.95. The maximum Gasteiger partial charge on any atom is 0.344 e. The number of aromatic nitrogens is 1. The Morgan fingerprint density at radius 1 is 1.30 bits per heavy atom. The predicted octanol–water partition coefficient (Wildman–Crippen LogP) is 2.58. The predicted molar refractivity (Wildman–Crippen MR) is 87.9 cm³/mol. The molecule has 1 saturated heterocycles. The van der Waals surface area contributed by atoms with E-state index in [2.05, 4.69) is 9.88 Å². The molecule has 3 heterocycles. The summed E-state index contributed by atoms with van der Waals surface area (Å²) in [5, 5.41) is 4.26. The second kappa shape index (κ2) is 6.24. The van der Waals surface area contributed by atoms with E-state index in [9.17, 15) is 4.79 Å². The molecule has 5 heteroatoms. The van der Waals surface area contributed by atoms with Crippen LogP contribution in [0.2, 0.25) is 0 Å². The molecule has 2 aliphatic heterocycles.